The molecule has 5 aromatic carbocycles. The molecule has 1 aliphatic rings. The molecule has 226 valence electrons. The number of para-hydroxylation sites is 1. The average molecular weight is 598 g/mol. The van der Waals surface area contributed by atoms with Gasteiger partial charge in [0, 0.05) is 40.1 Å². The van der Waals surface area contributed by atoms with Crippen LogP contribution in [0.5, 0.6) is 0 Å². The summed E-state index contributed by atoms with van der Waals surface area (Å²) >= 11 is 0. The molecule has 8 rings (SSSR count). The second kappa shape index (κ2) is 12.4. The maximum absolute atomic E-state index is 2.46. The maximum Gasteiger partial charge on any atom is 0.212 e. The van der Waals surface area contributed by atoms with Crippen molar-refractivity contribution in [2.75, 3.05) is 0 Å². The number of aromatic nitrogens is 2. The Kier molecular flexibility index (Phi) is 7.72. The molecule has 0 aliphatic carbocycles. The van der Waals surface area contributed by atoms with E-state index in [2.05, 4.69) is 150 Å². The lowest BCUT2D eigenvalue weighted by Crippen LogP contribution is -2.35. The Morgan fingerprint density at radius 3 is 2.24 bits per heavy atom. The van der Waals surface area contributed by atoms with E-state index in [1.54, 1.807) is 0 Å². The summed E-state index contributed by atoms with van der Waals surface area (Å²) in [5.41, 5.74) is 14.3. The highest BCUT2D eigenvalue weighted by Gasteiger charge is 2.22. The third-order valence-electron chi connectivity index (χ3n) is 9.88. The van der Waals surface area contributed by atoms with Gasteiger partial charge in [-0.3, -0.25) is 0 Å². The molecule has 0 spiro atoms. The summed E-state index contributed by atoms with van der Waals surface area (Å²) in [6.07, 6.45) is 10.9. The zero-order valence-corrected chi connectivity index (χ0v) is 26.8. The molecule has 2 nitrogen and oxygen atoms in total. The normalized spacial score (nSPS) is 12.6. The second-order valence-electron chi connectivity index (χ2n) is 12.9. The topological polar surface area (TPSA) is 8.81 Å². The van der Waals surface area contributed by atoms with E-state index in [0.717, 1.165) is 25.8 Å². The number of benzene rings is 5. The van der Waals surface area contributed by atoms with Gasteiger partial charge in [-0.2, -0.15) is 4.57 Å². The number of pyridine rings is 1. The van der Waals surface area contributed by atoms with E-state index in [9.17, 15) is 0 Å². The minimum atomic E-state index is 1.03. The van der Waals surface area contributed by atoms with Crippen LogP contribution in [-0.4, -0.2) is 4.57 Å². The smallest absolute Gasteiger partial charge is 0.212 e. The first kappa shape index (κ1) is 28.5. The van der Waals surface area contributed by atoms with Gasteiger partial charge in [-0.1, -0.05) is 105 Å². The fourth-order valence-corrected chi connectivity index (χ4v) is 7.43. The standard InChI is InChI=1S/C44H41N2/c1-2-3-4-6-12-32-18-24-38(25-19-32)46-43-17-10-9-16-39(43)41-30-36(22-27-44(41)46)35-21-20-34-15-11-28-45-31-37(33-13-7-5-8-14-33)23-26-42(45)40(34)29-35/h5,7-10,13-14,16-27,29-31H,2-4,6,11-12,15,28H2,1H3/q+1. The van der Waals surface area contributed by atoms with Crippen LogP contribution in [0.3, 0.4) is 0 Å². The number of nitrogens with zero attached hydrogens (tertiary/aromatic N) is 2. The molecule has 0 N–H and O–H groups in total. The Morgan fingerprint density at radius 2 is 1.37 bits per heavy atom. The lowest BCUT2D eigenvalue weighted by Gasteiger charge is -2.11. The number of hydrogen-bond acceptors (Lipinski definition) is 0. The van der Waals surface area contributed by atoms with Gasteiger partial charge in [0.1, 0.15) is 6.54 Å². The fraction of sp³-hybridized carbons (Fsp3) is 0.205. The van der Waals surface area contributed by atoms with E-state index in [0.29, 0.717) is 0 Å². The fourth-order valence-electron chi connectivity index (χ4n) is 7.43. The minimum absolute atomic E-state index is 1.03. The van der Waals surface area contributed by atoms with Gasteiger partial charge in [0.05, 0.1) is 11.0 Å². The highest BCUT2D eigenvalue weighted by Crippen LogP contribution is 2.37. The molecular formula is C44H41N2+. The minimum Gasteiger partial charge on any atom is -0.309 e. The Hall–Kier alpha value is -4.95. The predicted molar refractivity (Wildman–Crippen MR) is 193 cm³/mol. The second-order valence-corrected chi connectivity index (χ2v) is 12.9. The Labute approximate surface area is 272 Å². The molecule has 7 aromatic rings. The lowest BCUT2D eigenvalue weighted by molar-refractivity contribution is -0.685. The summed E-state index contributed by atoms with van der Waals surface area (Å²) < 4.78 is 4.90. The van der Waals surface area contributed by atoms with Gasteiger partial charge in [0.15, 0.2) is 6.20 Å². The van der Waals surface area contributed by atoms with Crippen LogP contribution in [0, 0.1) is 0 Å². The van der Waals surface area contributed by atoms with Crippen molar-refractivity contribution < 1.29 is 4.57 Å². The molecule has 0 saturated carbocycles. The van der Waals surface area contributed by atoms with E-state index >= 15 is 0 Å². The highest BCUT2D eigenvalue weighted by atomic mass is 15.0. The van der Waals surface area contributed by atoms with Gasteiger partial charge in [0.25, 0.3) is 0 Å². The van der Waals surface area contributed by atoms with Crippen LogP contribution in [0.1, 0.15) is 50.2 Å². The third kappa shape index (κ3) is 5.32. The molecule has 2 aromatic heterocycles. The first-order valence-corrected chi connectivity index (χ1v) is 17.1. The summed E-state index contributed by atoms with van der Waals surface area (Å²) in [5, 5.41) is 2.60. The van der Waals surface area contributed by atoms with Crippen LogP contribution < -0.4 is 4.57 Å². The lowest BCUT2D eigenvalue weighted by atomic mass is 9.94. The Bertz CT molecular complexity index is 2150. The van der Waals surface area contributed by atoms with Crippen molar-refractivity contribution in [2.24, 2.45) is 0 Å². The van der Waals surface area contributed by atoms with Crippen LogP contribution in [0.4, 0.5) is 0 Å². The number of aryl methyl sites for hydroxylation is 3. The number of fused-ring (bicyclic) bond motifs is 6. The number of hydrogen-bond donors (Lipinski definition) is 0. The third-order valence-corrected chi connectivity index (χ3v) is 9.88. The van der Waals surface area contributed by atoms with Gasteiger partial charge in [-0.05, 0) is 89.5 Å². The van der Waals surface area contributed by atoms with Crippen LogP contribution in [-0.2, 0) is 19.4 Å². The van der Waals surface area contributed by atoms with Gasteiger partial charge in [-0.15, -0.1) is 0 Å². The van der Waals surface area contributed by atoms with Crippen LogP contribution in [0.25, 0.3) is 61.0 Å². The van der Waals surface area contributed by atoms with Crippen molar-refractivity contribution in [1.29, 1.82) is 0 Å². The number of rotatable bonds is 8. The first-order chi connectivity index (χ1) is 22.8. The quantitative estimate of drug-likeness (QED) is 0.122. The number of unbranched alkanes of at least 4 members (excludes halogenated alkanes) is 3. The van der Waals surface area contributed by atoms with Crippen molar-refractivity contribution >= 4 is 21.8 Å². The van der Waals surface area contributed by atoms with Gasteiger partial charge in [0.2, 0.25) is 5.69 Å². The van der Waals surface area contributed by atoms with E-state index in [1.165, 1.54) is 97.8 Å². The Balaban J connectivity index is 1.17. The van der Waals surface area contributed by atoms with Crippen molar-refractivity contribution in [3.63, 3.8) is 0 Å². The van der Waals surface area contributed by atoms with Gasteiger partial charge in [-0.25, -0.2) is 0 Å². The summed E-state index contributed by atoms with van der Waals surface area (Å²) in [5.74, 6) is 0. The summed E-state index contributed by atoms with van der Waals surface area (Å²) in [6, 6.07) is 47.6. The molecule has 3 heterocycles. The van der Waals surface area contributed by atoms with E-state index in [4.69, 9.17) is 0 Å². The van der Waals surface area contributed by atoms with E-state index < -0.39 is 0 Å². The molecule has 0 bridgehead atoms. The van der Waals surface area contributed by atoms with Crippen LogP contribution in [0.15, 0.2) is 134 Å². The van der Waals surface area contributed by atoms with Crippen molar-refractivity contribution in [2.45, 2.75) is 58.4 Å². The van der Waals surface area contributed by atoms with Gasteiger partial charge >= 0.3 is 0 Å². The predicted octanol–water partition coefficient (Wildman–Crippen LogP) is 11.1. The SMILES string of the molecule is CCCCCCc1ccc(-n2c3ccccc3c3cc(-c4ccc5c(c4)-c4ccc(-c6ccccc6)c[n+]4CCC5)ccc32)cc1. The molecule has 0 radical (unpaired) electrons. The molecule has 46 heavy (non-hydrogen) atoms. The zero-order valence-electron chi connectivity index (χ0n) is 26.8. The van der Waals surface area contributed by atoms with Crippen LogP contribution >= 0.6 is 0 Å². The summed E-state index contributed by atoms with van der Waals surface area (Å²) in [6.45, 7) is 3.31. The van der Waals surface area contributed by atoms with E-state index in [-0.39, 0.29) is 0 Å². The Morgan fingerprint density at radius 1 is 0.609 bits per heavy atom. The molecule has 0 unspecified atom stereocenters. The molecule has 0 saturated heterocycles. The van der Waals surface area contributed by atoms with Crippen molar-refractivity contribution in [1.82, 2.24) is 4.57 Å². The summed E-state index contributed by atoms with van der Waals surface area (Å²) in [7, 11) is 0. The average Bonchev–Trinajstić information content (AvgIpc) is 3.33. The molecule has 0 atom stereocenters. The molecule has 1 aliphatic heterocycles. The molecular weight excluding hydrogens is 556 g/mol. The first-order valence-electron chi connectivity index (χ1n) is 17.1. The monoisotopic (exact) mass is 597 g/mol. The van der Waals surface area contributed by atoms with Gasteiger partial charge < -0.3 is 4.57 Å². The van der Waals surface area contributed by atoms with Crippen LogP contribution in [0.2, 0.25) is 0 Å². The highest BCUT2D eigenvalue weighted by molar-refractivity contribution is 6.10. The summed E-state index contributed by atoms with van der Waals surface area (Å²) in [4.78, 5) is 0. The maximum atomic E-state index is 2.46. The van der Waals surface area contributed by atoms with Crippen molar-refractivity contribution in [3.8, 4) is 39.2 Å². The molecule has 0 amide bonds. The zero-order chi connectivity index (χ0) is 30.9. The van der Waals surface area contributed by atoms with E-state index in [1.807, 2.05) is 0 Å². The van der Waals surface area contributed by atoms with Crippen molar-refractivity contribution in [3.05, 3.63) is 145 Å². The largest absolute Gasteiger partial charge is 0.309 e. The molecule has 2 heteroatoms. The molecule has 0 fully saturated rings.